The second kappa shape index (κ2) is 8.08. The van der Waals surface area contributed by atoms with Crippen LogP contribution in [0.3, 0.4) is 0 Å². The Balaban J connectivity index is 4.31. The Morgan fingerprint density at radius 2 is 1.72 bits per heavy atom. The van der Waals surface area contributed by atoms with Crippen LogP contribution in [0.5, 0.6) is 0 Å². The SMILES string of the molecule is CCC(CC)NC(=O)C(C)N(C)CC(C)C(=O)O. The van der Waals surface area contributed by atoms with Gasteiger partial charge < -0.3 is 10.4 Å². The lowest BCUT2D eigenvalue weighted by Crippen LogP contribution is -2.48. The van der Waals surface area contributed by atoms with Crippen molar-refractivity contribution in [2.75, 3.05) is 13.6 Å². The van der Waals surface area contributed by atoms with Gasteiger partial charge in [-0.25, -0.2) is 0 Å². The Morgan fingerprint density at radius 3 is 2.11 bits per heavy atom. The molecule has 2 N–H and O–H groups in total. The van der Waals surface area contributed by atoms with Crippen molar-refractivity contribution in [3.05, 3.63) is 0 Å². The molecule has 0 rings (SSSR count). The van der Waals surface area contributed by atoms with Crippen LogP contribution in [-0.2, 0) is 9.59 Å². The van der Waals surface area contributed by atoms with Gasteiger partial charge in [0.2, 0.25) is 5.91 Å². The third kappa shape index (κ3) is 5.49. The van der Waals surface area contributed by atoms with Gasteiger partial charge in [-0.1, -0.05) is 20.8 Å². The first kappa shape index (κ1) is 16.9. The van der Waals surface area contributed by atoms with E-state index in [1.807, 2.05) is 13.8 Å². The summed E-state index contributed by atoms with van der Waals surface area (Å²) in [6.07, 6.45) is 1.81. The van der Waals surface area contributed by atoms with E-state index in [4.69, 9.17) is 5.11 Å². The first-order valence-electron chi connectivity index (χ1n) is 6.56. The summed E-state index contributed by atoms with van der Waals surface area (Å²) in [6, 6.07) is -0.113. The average molecular weight is 258 g/mol. The van der Waals surface area contributed by atoms with E-state index in [0.717, 1.165) is 12.8 Å². The van der Waals surface area contributed by atoms with Crippen LogP contribution < -0.4 is 5.32 Å². The normalized spacial score (nSPS) is 14.6. The van der Waals surface area contributed by atoms with Gasteiger partial charge in [0.25, 0.3) is 0 Å². The number of carboxylic acid groups (broad SMARTS) is 1. The molecule has 2 unspecified atom stereocenters. The molecule has 0 aliphatic rings. The van der Waals surface area contributed by atoms with Gasteiger partial charge in [-0.3, -0.25) is 14.5 Å². The third-order valence-corrected chi connectivity index (χ3v) is 3.36. The molecule has 0 saturated heterocycles. The number of nitrogens with zero attached hydrogens (tertiary/aromatic N) is 1. The van der Waals surface area contributed by atoms with E-state index >= 15 is 0 Å². The molecule has 5 nitrogen and oxygen atoms in total. The molecule has 0 heterocycles. The first-order valence-corrected chi connectivity index (χ1v) is 6.56. The molecule has 106 valence electrons. The molecule has 0 bridgehead atoms. The van der Waals surface area contributed by atoms with Crippen molar-refractivity contribution in [1.82, 2.24) is 10.2 Å². The number of hydrogen-bond donors (Lipinski definition) is 2. The molecule has 0 aliphatic heterocycles. The van der Waals surface area contributed by atoms with Crippen molar-refractivity contribution in [3.8, 4) is 0 Å². The summed E-state index contributed by atoms with van der Waals surface area (Å²) >= 11 is 0. The van der Waals surface area contributed by atoms with Gasteiger partial charge >= 0.3 is 5.97 Å². The summed E-state index contributed by atoms with van der Waals surface area (Å²) in [7, 11) is 1.77. The van der Waals surface area contributed by atoms with Gasteiger partial charge in [0, 0.05) is 12.6 Å². The highest BCUT2D eigenvalue weighted by Gasteiger charge is 2.23. The molecule has 0 aromatic rings. The number of hydrogen-bond acceptors (Lipinski definition) is 3. The van der Waals surface area contributed by atoms with Crippen LogP contribution in [0.1, 0.15) is 40.5 Å². The van der Waals surface area contributed by atoms with Crippen molar-refractivity contribution in [2.45, 2.75) is 52.6 Å². The Morgan fingerprint density at radius 1 is 1.22 bits per heavy atom. The number of likely N-dealkylation sites (N-methyl/N-ethyl adjacent to an activating group) is 1. The number of amides is 1. The Kier molecular flexibility index (Phi) is 7.59. The number of carbonyl (C=O) groups excluding carboxylic acids is 1. The van der Waals surface area contributed by atoms with E-state index in [-0.39, 0.29) is 18.0 Å². The van der Waals surface area contributed by atoms with E-state index in [0.29, 0.717) is 6.54 Å². The summed E-state index contributed by atoms with van der Waals surface area (Å²) in [6.45, 7) is 7.88. The number of rotatable bonds is 8. The van der Waals surface area contributed by atoms with E-state index in [1.165, 1.54) is 0 Å². The van der Waals surface area contributed by atoms with Crippen LogP contribution >= 0.6 is 0 Å². The van der Waals surface area contributed by atoms with E-state index < -0.39 is 11.9 Å². The lowest BCUT2D eigenvalue weighted by molar-refractivity contribution is -0.142. The molecule has 0 aromatic carbocycles. The van der Waals surface area contributed by atoms with Gasteiger partial charge in [-0.2, -0.15) is 0 Å². The Bertz CT molecular complexity index is 277. The molecule has 0 spiro atoms. The molecule has 18 heavy (non-hydrogen) atoms. The maximum Gasteiger partial charge on any atom is 0.307 e. The Labute approximate surface area is 110 Å². The van der Waals surface area contributed by atoms with E-state index in [1.54, 1.807) is 25.8 Å². The maximum atomic E-state index is 12.0. The lowest BCUT2D eigenvalue weighted by atomic mass is 10.1. The van der Waals surface area contributed by atoms with Gasteiger partial charge in [0.15, 0.2) is 0 Å². The number of carboxylic acids is 1. The molecule has 0 radical (unpaired) electrons. The molecule has 2 atom stereocenters. The standard InChI is InChI=1S/C13H26N2O3/c1-6-11(7-2)14-12(16)10(4)15(5)8-9(3)13(17)18/h9-11H,6-8H2,1-5H3,(H,14,16)(H,17,18). The minimum atomic E-state index is -0.838. The fourth-order valence-electron chi connectivity index (χ4n) is 1.68. The van der Waals surface area contributed by atoms with Gasteiger partial charge in [0.05, 0.1) is 12.0 Å². The van der Waals surface area contributed by atoms with Crippen LogP contribution in [0.15, 0.2) is 0 Å². The minimum absolute atomic E-state index is 0.0382. The molecule has 0 fully saturated rings. The topological polar surface area (TPSA) is 69.6 Å². The fraction of sp³-hybridized carbons (Fsp3) is 0.846. The van der Waals surface area contributed by atoms with Crippen LogP contribution in [-0.4, -0.2) is 47.6 Å². The summed E-state index contributed by atoms with van der Waals surface area (Å²) in [5, 5.41) is 11.8. The molecule has 0 aromatic heterocycles. The maximum absolute atomic E-state index is 12.0. The molecule has 0 saturated carbocycles. The van der Waals surface area contributed by atoms with Crippen molar-refractivity contribution in [3.63, 3.8) is 0 Å². The number of nitrogens with one attached hydrogen (secondary N) is 1. The zero-order chi connectivity index (χ0) is 14.3. The predicted molar refractivity (Wildman–Crippen MR) is 71.4 cm³/mol. The second-order valence-electron chi connectivity index (χ2n) is 4.88. The lowest BCUT2D eigenvalue weighted by Gasteiger charge is -2.27. The zero-order valence-corrected chi connectivity index (χ0v) is 12.1. The molecule has 1 amide bonds. The highest BCUT2D eigenvalue weighted by atomic mass is 16.4. The van der Waals surface area contributed by atoms with Gasteiger partial charge in [-0.05, 0) is 26.8 Å². The Hall–Kier alpha value is -1.10. The van der Waals surface area contributed by atoms with Crippen molar-refractivity contribution in [2.24, 2.45) is 5.92 Å². The molecule has 5 heteroatoms. The summed E-state index contributed by atoms with van der Waals surface area (Å²) in [4.78, 5) is 24.5. The predicted octanol–water partition coefficient (Wildman–Crippen LogP) is 1.33. The van der Waals surface area contributed by atoms with Crippen LogP contribution in [0, 0.1) is 5.92 Å². The zero-order valence-electron chi connectivity index (χ0n) is 12.1. The molecular formula is C13H26N2O3. The monoisotopic (exact) mass is 258 g/mol. The van der Waals surface area contributed by atoms with Gasteiger partial charge in [0.1, 0.15) is 0 Å². The van der Waals surface area contributed by atoms with E-state index in [9.17, 15) is 9.59 Å². The third-order valence-electron chi connectivity index (χ3n) is 3.36. The van der Waals surface area contributed by atoms with Crippen LogP contribution in [0.2, 0.25) is 0 Å². The van der Waals surface area contributed by atoms with Crippen LogP contribution in [0.4, 0.5) is 0 Å². The fourth-order valence-corrected chi connectivity index (χ4v) is 1.68. The molecular weight excluding hydrogens is 232 g/mol. The summed E-state index contributed by atoms with van der Waals surface area (Å²) < 4.78 is 0. The van der Waals surface area contributed by atoms with Crippen molar-refractivity contribution < 1.29 is 14.7 Å². The second-order valence-corrected chi connectivity index (χ2v) is 4.88. The number of carbonyl (C=O) groups is 2. The van der Waals surface area contributed by atoms with Gasteiger partial charge in [-0.15, -0.1) is 0 Å². The first-order chi connectivity index (χ1) is 8.33. The largest absolute Gasteiger partial charge is 0.481 e. The highest BCUT2D eigenvalue weighted by molar-refractivity contribution is 5.81. The highest BCUT2D eigenvalue weighted by Crippen LogP contribution is 2.04. The molecule has 0 aliphatic carbocycles. The smallest absolute Gasteiger partial charge is 0.307 e. The van der Waals surface area contributed by atoms with Crippen LogP contribution in [0.25, 0.3) is 0 Å². The summed E-state index contributed by atoms with van der Waals surface area (Å²) in [5.41, 5.74) is 0. The number of aliphatic carboxylic acids is 1. The van der Waals surface area contributed by atoms with Crippen molar-refractivity contribution in [1.29, 1.82) is 0 Å². The summed E-state index contributed by atoms with van der Waals surface area (Å²) in [5.74, 6) is -1.35. The minimum Gasteiger partial charge on any atom is -0.481 e. The average Bonchev–Trinajstić information content (AvgIpc) is 2.34. The van der Waals surface area contributed by atoms with E-state index in [2.05, 4.69) is 5.32 Å². The quantitative estimate of drug-likeness (QED) is 0.689. The van der Waals surface area contributed by atoms with Crippen molar-refractivity contribution >= 4 is 11.9 Å².